The standard InChI is InChI=1S/C21H19BrNO/c1-15-13-23(14-21(24)18-8-10-19(22)11-9-18)16(2)12-20(15)17-6-4-3-5-7-17/h3-13H,14H2,1-2H3/q+1. The third-order valence-corrected chi connectivity index (χ3v) is 4.67. The molecule has 3 heteroatoms. The number of nitrogens with zero attached hydrogens (tertiary/aromatic N) is 1. The highest BCUT2D eigenvalue weighted by Gasteiger charge is 2.17. The van der Waals surface area contributed by atoms with Gasteiger partial charge in [0.05, 0.1) is 0 Å². The number of Topliss-reactive ketones (excluding diaryl/α,β-unsaturated/α-hetero) is 1. The van der Waals surface area contributed by atoms with Crippen molar-refractivity contribution >= 4 is 21.7 Å². The molecule has 0 saturated carbocycles. The predicted octanol–water partition coefficient (Wildman–Crippen LogP) is 4.90. The Labute approximate surface area is 150 Å². The molecule has 1 heterocycles. The Kier molecular flexibility index (Phi) is 4.91. The first-order chi connectivity index (χ1) is 11.5. The van der Waals surface area contributed by atoms with E-state index >= 15 is 0 Å². The second-order valence-corrected chi connectivity index (χ2v) is 6.85. The van der Waals surface area contributed by atoms with Crippen molar-refractivity contribution in [3.8, 4) is 11.1 Å². The van der Waals surface area contributed by atoms with Gasteiger partial charge >= 0.3 is 0 Å². The average molecular weight is 381 g/mol. The maximum atomic E-state index is 12.5. The lowest BCUT2D eigenvalue weighted by Gasteiger charge is -2.08. The Hall–Kier alpha value is -2.26. The van der Waals surface area contributed by atoms with Crippen LogP contribution in [0.3, 0.4) is 0 Å². The van der Waals surface area contributed by atoms with Gasteiger partial charge in [0.15, 0.2) is 11.9 Å². The third-order valence-electron chi connectivity index (χ3n) is 4.15. The summed E-state index contributed by atoms with van der Waals surface area (Å²) in [5, 5.41) is 0. The van der Waals surface area contributed by atoms with Gasteiger partial charge in [-0.3, -0.25) is 4.79 Å². The first-order valence-electron chi connectivity index (χ1n) is 7.89. The lowest BCUT2D eigenvalue weighted by Crippen LogP contribution is -2.41. The van der Waals surface area contributed by atoms with E-state index in [4.69, 9.17) is 0 Å². The molecule has 0 aliphatic carbocycles. The van der Waals surface area contributed by atoms with E-state index in [-0.39, 0.29) is 5.78 Å². The summed E-state index contributed by atoms with van der Waals surface area (Å²) in [6.45, 7) is 4.48. The summed E-state index contributed by atoms with van der Waals surface area (Å²) in [4.78, 5) is 12.5. The summed E-state index contributed by atoms with van der Waals surface area (Å²) in [6.07, 6.45) is 2.06. The molecule has 0 amide bonds. The number of benzene rings is 2. The van der Waals surface area contributed by atoms with Crippen LogP contribution in [0.4, 0.5) is 0 Å². The fourth-order valence-corrected chi connectivity index (χ4v) is 3.06. The molecule has 0 aliphatic rings. The van der Waals surface area contributed by atoms with Crippen LogP contribution >= 0.6 is 15.9 Å². The number of hydrogen-bond donors (Lipinski definition) is 0. The molecule has 2 aromatic carbocycles. The lowest BCUT2D eigenvalue weighted by atomic mass is 10.0. The molecule has 0 atom stereocenters. The fraction of sp³-hybridized carbons (Fsp3) is 0.143. The first kappa shape index (κ1) is 16.6. The van der Waals surface area contributed by atoms with Gasteiger partial charge in [-0.05, 0) is 30.2 Å². The van der Waals surface area contributed by atoms with E-state index < -0.39 is 0 Å². The molecule has 0 radical (unpaired) electrons. The summed E-state index contributed by atoms with van der Waals surface area (Å²) >= 11 is 3.40. The van der Waals surface area contributed by atoms with Crippen LogP contribution in [-0.2, 0) is 6.54 Å². The highest BCUT2D eigenvalue weighted by molar-refractivity contribution is 9.10. The van der Waals surface area contributed by atoms with Crippen LogP contribution in [0.5, 0.6) is 0 Å². The zero-order valence-corrected chi connectivity index (χ0v) is 15.4. The number of rotatable bonds is 4. The van der Waals surface area contributed by atoms with Gasteiger partial charge in [0, 0.05) is 28.6 Å². The summed E-state index contributed by atoms with van der Waals surface area (Å²) in [5.41, 5.74) is 5.38. The van der Waals surface area contributed by atoms with Crippen LogP contribution < -0.4 is 4.57 Å². The zero-order chi connectivity index (χ0) is 17.1. The van der Waals surface area contributed by atoms with Gasteiger partial charge in [-0.25, -0.2) is 0 Å². The van der Waals surface area contributed by atoms with Gasteiger partial charge in [-0.2, -0.15) is 4.57 Å². The molecule has 2 nitrogen and oxygen atoms in total. The van der Waals surface area contributed by atoms with Crippen LogP contribution in [0.1, 0.15) is 21.6 Å². The van der Waals surface area contributed by atoms with Crippen LogP contribution in [0.2, 0.25) is 0 Å². The number of carbonyl (C=O) groups is 1. The average Bonchev–Trinajstić information content (AvgIpc) is 2.59. The molecule has 120 valence electrons. The molecular formula is C21H19BrNO+. The second kappa shape index (κ2) is 7.10. The van der Waals surface area contributed by atoms with Gasteiger partial charge in [0.25, 0.3) is 0 Å². The molecule has 3 rings (SSSR count). The number of aryl methyl sites for hydroxylation is 2. The second-order valence-electron chi connectivity index (χ2n) is 5.94. The molecule has 0 saturated heterocycles. The minimum Gasteiger partial charge on any atom is -0.287 e. The third kappa shape index (κ3) is 3.62. The molecule has 0 bridgehead atoms. The Balaban J connectivity index is 1.88. The molecule has 1 aromatic heterocycles. The fourth-order valence-electron chi connectivity index (χ4n) is 2.79. The molecule has 0 spiro atoms. The number of ketones is 1. The Morgan fingerprint density at radius 2 is 1.67 bits per heavy atom. The smallest absolute Gasteiger partial charge is 0.227 e. The van der Waals surface area contributed by atoms with Crippen molar-refractivity contribution in [2.75, 3.05) is 0 Å². The van der Waals surface area contributed by atoms with Crippen molar-refractivity contribution in [2.45, 2.75) is 20.4 Å². The zero-order valence-electron chi connectivity index (χ0n) is 13.8. The van der Waals surface area contributed by atoms with E-state index in [1.807, 2.05) is 54.0 Å². The molecule has 24 heavy (non-hydrogen) atoms. The largest absolute Gasteiger partial charge is 0.287 e. The predicted molar refractivity (Wildman–Crippen MR) is 100 cm³/mol. The maximum absolute atomic E-state index is 12.5. The van der Waals surface area contributed by atoms with E-state index in [1.165, 1.54) is 11.1 Å². The number of pyridine rings is 1. The molecule has 3 aromatic rings. The van der Waals surface area contributed by atoms with Crippen LogP contribution in [0, 0.1) is 13.8 Å². The van der Waals surface area contributed by atoms with Crippen molar-refractivity contribution in [1.82, 2.24) is 0 Å². The van der Waals surface area contributed by atoms with Crippen molar-refractivity contribution < 1.29 is 9.36 Å². The van der Waals surface area contributed by atoms with E-state index in [9.17, 15) is 4.79 Å². The van der Waals surface area contributed by atoms with E-state index in [0.717, 1.165) is 21.3 Å². The number of halogens is 1. The molecular weight excluding hydrogens is 362 g/mol. The minimum atomic E-state index is 0.113. The number of aromatic nitrogens is 1. The number of carbonyl (C=O) groups excluding carboxylic acids is 1. The highest BCUT2D eigenvalue weighted by Crippen LogP contribution is 2.22. The van der Waals surface area contributed by atoms with Crippen LogP contribution in [0.15, 0.2) is 71.3 Å². The van der Waals surface area contributed by atoms with Gasteiger partial charge < -0.3 is 0 Å². The molecule has 0 N–H and O–H groups in total. The minimum absolute atomic E-state index is 0.113. The van der Waals surface area contributed by atoms with Crippen molar-refractivity contribution in [3.63, 3.8) is 0 Å². The topological polar surface area (TPSA) is 20.9 Å². The van der Waals surface area contributed by atoms with Crippen molar-refractivity contribution in [1.29, 1.82) is 0 Å². The van der Waals surface area contributed by atoms with Gasteiger partial charge in [0.1, 0.15) is 0 Å². The quantitative estimate of drug-likeness (QED) is 0.465. The Bertz CT molecular complexity index is 870. The van der Waals surface area contributed by atoms with Crippen molar-refractivity contribution in [3.05, 3.63) is 88.2 Å². The monoisotopic (exact) mass is 380 g/mol. The number of hydrogen-bond acceptors (Lipinski definition) is 1. The molecule has 0 unspecified atom stereocenters. The lowest BCUT2D eigenvalue weighted by molar-refractivity contribution is -0.689. The first-order valence-corrected chi connectivity index (χ1v) is 8.69. The summed E-state index contributed by atoms with van der Waals surface area (Å²) in [7, 11) is 0. The molecule has 0 fully saturated rings. The Morgan fingerprint density at radius 3 is 2.33 bits per heavy atom. The van der Waals surface area contributed by atoms with Crippen LogP contribution in [0.25, 0.3) is 11.1 Å². The van der Waals surface area contributed by atoms with E-state index in [2.05, 4.69) is 47.2 Å². The highest BCUT2D eigenvalue weighted by atomic mass is 79.9. The summed E-state index contributed by atoms with van der Waals surface area (Å²) in [6, 6.07) is 20.0. The molecule has 0 aliphatic heterocycles. The summed E-state index contributed by atoms with van der Waals surface area (Å²) < 4.78 is 3.00. The SMILES string of the molecule is Cc1c[n+](CC(=O)c2ccc(Br)cc2)c(C)cc1-c1ccccc1. The Morgan fingerprint density at radius 1 is 1.00 bits per heavy atom. The van der Waals surface area contributed by atoms with E-state index in [1.54, 1.807) is 0 Å². The van der Waals surface area contributed by atoms with Gasteiger partial charge in [-0.15, -0.1) is 0 Å². The van der Waals surface area contributed by atoms with Gasteiger partial charge in [0.2, 0.25) is 12.3 Å². The van der Waals surface area contributed by atoms with Gasteiger partial charge in [-0.1, -0.05) is 58.4 Å². The van der Waals surface area contributed by atoms with E-state index in [0.29, 0.717) is 6.54 Å². The maximum Gasteiger partial charge on any atom is 0.227 e. The normalized spacial score (nSPS) is 10.6. The summed E-state index contributed by atoms with van der Waals surface area (Å²) in [5.74, 6) is 0.113. The van der Waals surface area contributed by atoms with Crippen LogP contribution in [-0.4, -0.2) is 5.78 Å². The van der Waals surface area contributed by atoms with Crippen molar-refractivity contribution in [2.24, 2.45) is 0 Å².